The van der Waals surface area contributed by atoms with Gasteiger partial charge in [-0.25, -0.2) is 0 Å². The minimum absolute atomic E-state index is 0.310. The van der Waals surface area contributed by atoms with Gasteiger partial charge in [0.15, 0.2) is 0 Å². The van der Waals surface area contributed by atoms with Crippen LogP contribution in [0, 0.1) is 5.92 Å². The molecule has 0 bridgehead atoms. The van der Waals surface area contributed by atoms with Gasteiger partial charge in [0.25, 0.3) is 0 Å². The summed E-state index contributed by atoms with van der Waals surface area (Å²) in [6, 6.07) is 0. The molecule has 9 heavy (non-hydrogen) atoms. The Labute approximate surface area is 60.2 Å². The Hall–Kier alpha value is 0.0200. The van der Waals surface area contributed by atoms with E-state index in [0.717, 1.165) is 12.8 Å². The van der Waals surface area contributed by atoms with Crippen LogP contribution in [0.25, 0.3) is 0 Å². The number of thioether (sulfide) groups is 1. The number of carbonyl (C=O) groups is 1. The number of hydrogen-bond acceptors (Lipinski definition) is 2. The minimum atomic E-state index is 0.310. The maximum Gasteiger partial charge on any atom is 0.146 e. The zero-order valence-corrected chi connectivity index (χ0v) is 6.70. The van der Waals surface area contributed by atoms with Crippen LogP contribution in [-0.2, 0) is 4.79 Å². The quantitative estimate of drug-likeness (QED) is 0.557. The van der Waals surface area contributed by atoms with E-state index in [1.807, 2.05) is 6.26 Å². The Bertz CT molecular complexity index is 122. The van der Waals surface area contributed by atoms with Gasteiger partial charge in [-0.2, -0.15) is 11.8 Å². The van der Waals surface area contributed by atoms with Crippen LogP contribution in [0.3, 0.4) is 0 Å². The Kier molecular flexibility index (Phi) is 2.17. The van der Waals surface area contributed by atoms with Gasteiger partial charge in [0, 0.05) is 6.42 Å². The van der Waals surface area contributed by atoms with Crippen molar-refractivity contribution in [1.82, 2.24) is 0 Å². The van der Waals surface area contributed by atoms with Crippen molar-refractivity contribution in [3.63, 3.8) is 0 Å². The number of carbonyl (C=O) groups excluding carboxylic acids is 1. The zero-order valence-electron chi connectivity index (χ0n) is 5.89. The summed E-state index contributed by atoms with van der Waals surface area (Å²) in [7, 11) is 0. The van der Waals surface area contributed by atoms with Crippen LogP contribution < -0.4 is 0 Å². The summed E-state index contributed by atoms with van der Waals surface area (Å²) < 4.78 is 0. The largest absolute Gasteiger partial charge is 0.298 e. The lowest BCUT2D eigenvalue weighted by atomic mass is 10.1. The monoisotopic (exact) mass is 144 g/mol. The van der Waals surface area contributed by atoms with E-state index in [4.69, 9.17) is 0 Å². The molecule has 0 aromatic heterocycles. The molecule has 1 rings (SSSR count). The van der Waals surface area contributed by atoms with Gasteiger partial charge >= 0.3 is 0 Å². The summed E-state index contributed by atoms with van der Waals surface area (Å²) in [5, 5.41) is 0.310. The first-order valence-corrected chi connectivity index (χ1v) is 4.60. The smallest absolute Gasteiger partial charge is 0.146 e. The van der Waals surface area contributed by atoms with E-state index in [1.165, 1.54) is 0 Å². The van der Waals surface area contributed by atoms with Crippen LogP contribution in [0.1, 0.15) is 19.8 Å². The van der Waals surface area contributed by atoms with Crippen molar-refractivity contribution in [3.05, 3.63) is 0 Å². The number of hydrogen-bond donors (Lipinski definition) is 0. The molecule has 0 N–H and O–H groups in total. The van der Waals surface area contributed by atoms with Gasteiger partial charge in [-0.3, -0.25) is 4.79 Å². The van der Waals surface area contributed by atoms with Crippen molar-refractivity contribution in [3.8, 4) is 0 Å². The molecule has 0 aromatic rings. The third-order valence-electron chi connectivity index (χ3n) is 1.93. The van der Waals surface area contributed by atoms with E-state index >= 15 is 0 Å². The topological polar surface area (TPSA) is 17.1 Å². The van der Waals surface area contributed by atoms with Gasteiger partial charge in [-0.15, -0.1) is 0 Å². The molecule has 2 unspecified atom stereocenters. The molecular weight excluding hydrogens is 132 g/mol. The van der Waals surface area contributed by atoms with Gasteiger partial charge in [0.05, 0.1) is 5.25 Å². The fourth-order valence-corrected chi connectivity index (χ4v) is 2.33. The molecule has 52 valence electrons. The van der Waals surface area contributed by atoms with E-state index in [2.05, 4.69) is 6.92 Å². The van der Waals surface area contributed by atoms with E-state index in [9.17, 15) is 4.79 Å². The number of Topliss-reactive ketones (excluding diaryl/α,β-unsaturated/α-hetero) is 1. The van der Waals surface area contributed by atoms with E-state index < -0.39 is 0 Å². The van der Waals surface area contributed by atoms with Crippen molar-refractivity contribution in [1.29, 1.82) is 0 Å². The van der Waals surface area contributed by atoms with E-state index in [1.54, 1.807) is 11.8 Å². The van der Waals surface area contributed by atoms with E-state index in [0.29, 0.717) is 17.0 Å². The third-order valence-corrected chi connectivity index (χ3v) is 3.17. The molecule has 0 heterocycles. The maximum absolute atomic E-state index is 11.0. The summed E-state index contributed by atoms with van der Waals surface area (Å²) in [4.78, 5) is 11.0. The predicted octanol–water partition coefficient (Wildman–Crippen LogP) is 1.72. The lowest BCUT2D eigenvalue weighted by Crippen LogP contribution is -2.13. The highest BCUT2D eigenvalue weighted by molar-refractivity contribution is 7.99. The minimum Gasteiger partial charge on any atom is -0.298 e. The van der Waals surface area contributed by atoms with Crippen molar-refractivity contribution in [2.24, 2.45) is 5.92 Å². The molecular formula is C7H12OS. The fourth-order valence-electron chi connectivity index (χ4n) is 1.34. The molecule has 0 spiro atoms. The molecule has 0 amide bonds. The summed E-state index contributed by atoms with van der Waals surface area (Å²) in [6.45, 7) is 2.16. The fraction of sp³-hybridized carbons (Fsp3) is 0.857. The summed E-state index contributed by atoms with van der Waals surface area (Å²) in [5.41, 5.74) is 0. The second-order valence-electron chi connectivity index (χ2n) is 2.64. The van der Waals surface area contributed by atoms with Crippen molar-refractivity contribution in [2.45, 2.75) is 25.0 Å². The molecule has 0 aromatic carbocycles. The number of ketones is 1. The van der Waals surface area contributed by atoms with Crippen molar-refractivity contribution in [2.75, 3.05) is 6.26 Å². The lowest BCUT2D eigenvalue weighted by molar-refractivity contribution is -0.117. The van der Waals surface area contributed by atoms with Gasteiger partial charge in [0.1, 0.15) is 5.78 Å². The normalized spacial score (nSPS) is 35.6. The molecule has 0 saturated heterocycles. The second kappa shape index (κ2) is 2.74. The van der Waals surface area contributed by atoms with Crippen LogP contribution in [-0.4, -0.2) is 17.3 Å². The highest BCUT2D eigenvalue weighted by Crippen LogP contribution is 2.30. The molecule has 0 aliphatic heterocycles. The van der Waals surface area contributed by atoms with E-state index in [-0.39, 0.29) is 0 Å². The molecule has 0 radical (unpaired) electrons. The molecule has 2 atom stereocenters. The first-order valence-electron chi connectivity index (χ1n) is 3.31. The van der Waals surface area contributed by atoms with Crippen LogP contribution in [0.5, 0.6) is 0 Å². The number of rotatable bonds is 1. The molecule has 2 heteroatoms. The van der Waals surface area contributed by atoms with Gasteiger partial charge in [-0.05, 0) is 18.6 Å². The van der Waals surface area contributed by atoms with Gasteiger partial charge in [-0.1, -0.05) is 6.92 Å². The Morgan fingerprint density at radius 1 is 1.67 bits per heavy atom. The van der Waals surface area contributed by atoms with Crippen LogP contribution >= 0.6 is 11.8 Å². The lowest BCUT2D eigenvalue weighted by Gasteiger charge is -2.08. The first kappa shape index (κ1) is 7.13. The Morgan fingerprint density at radius 3 is 2.56 bits per heavy atom. The molecule has 1 nitrogen and oxygen atoms in total. The summed E-state index contributed by atoms with van der Waals surface area (Å²) in [6.07, 6.45) is 3.93. The van der Waals surface area contributed by atoms with Crippen LogP contribution in [0.15, 0.2) is 0 Å². The predicted molar refractivity (Wildman–Crippen MR) is 40.7 cm³/mol. The van der Waals surface area contributed by atoms with Gasteiger partial charge < -0.3 is 0 Å². The zero-order chi connectivity index (χ0) is 6.85. The highest BCUT2D eigenvalue weighted by atomic mass is 32.2. The molecule has 1 aliphatic carbocycles. The Balaban J connectivity index is 2.55. The molecule has 1 fully saturated rings. The summed E-state index contributed by atoms with van der Waals surface area (Å²) in [5.74, 6) is 1.07. The average Bonchev–Trinajstić information content (AvgIpc) is 2.12. The van der Waals surface area contributed by atoms with Gasteiger partial charge in [0.2, 0.25) is 0 Å². The summed E-state index contributed by atoms with van der Waals surface area (Å²) >= 11 is 1.70. The highest BCUT2D eigenvalue weighted by Gasteiger charge is 2.30. The Morgan fingerprint density at radius 2 is 2.33 bits per heavy atom. The molecule has 1 saturated carbocycles. The third kappa shape index (κ3) is 1.29. The second-order valence-corrected chi connectivity index (χ2v) is 3.62. The van der Waals surface area contributed by atoms with Crippen LogP contribution in [0.2, 0.25) is 0 Å². The SMILES string of the molecule is CSC1C(=O)CCC1C. The van der Waals surface area contributed by atoms with Crippen molar-refractivity contribution < 1.29 is 4.79 Å². The van der Waals surface area contributed by atoms with Crippen molar-refractivity contribution >= 4 is 17.5 Å². The molecule has 1 aliphatic rings. The standard InChI is InChI=1S/C7H12OS/c1-5-3-4-6(8)7(5)9-2/h5,7H,3-4H2,1-2H3. The first-order chi connectivity index (χ1) is 4.25. The maximum atomic E-state index is 11.0. The average molecular weight is 144 g/mol. The van der Waals surface area contributed by atoms with Crippen LogP contribution in [0.4, 0.5) is 0 Å².